The third kappa shape index (κ3) is 3.46. The van der Waals surface area contributed by atoms with Gasteiger partial charge in [-0.3, -0.25) is 0 Å². The maximum absolute atomic E-state index is 3.71. The quantitative estimate of drug-likeness (QED) is 0.722. The Morgan fingerprint density at radius 1 is 1.06 bits per heavy atom. The van der Waals surface area contributed by atoms with Gasteiger partial charge in [0.15, 0.2) is 0 Å². The predicted molar refractivity (Wildman–Crippen MR) is 69.8 cm³/mol. The molecule has 2 rings (SSSR count). The number of piperidine rings is 1. The molecule has 2 aliphatic rings. The number of nitrogens with zero attached hydrogens (tertiary/aromatic N) is 1. The normalized spacial score (nSPS) is 25.3. The average molecular weight is 224 g/mol. The Kier molecular flexibility index (Phi) is 5.11. The van der Waals surface area contributed by atoms with Crippen LogP contribution in [0, 0.1) is 0 Å². The summed E-state index contributed by atoms with van der Waals surface area (Å²) in [5.74, 6) is 0. The summed E-state index contributed by atoms with van der Waals surface area (Å²) in [5.41, 5.74) is 0. The van der Waals surface area contributed by atoms with Crippen LogP contribution in [0.15, 0.2) is 0 Å². The number of likely N-dealkylation sites (tertiary alicyclic amines) is 1. The van der Waals surface area contributed by atoms with E-state index in [-0.39, 0.29) is 0 Å². The molecule has 0 atom stereocenters. The first-order valence-corrected chi connectivity index (χ1v) is 7.37. The largest absolute Gasteiger partial charge is 0.314 e. The molecule has 0 bridgehead atoms. The van der Waals surface area contributed by atoms with Gasteiger partial charge in [0.05, 0.1) is 0 Å². The summed E-state index contributed by atoms with van der Waals surface area (Å²) in [5, 5.41) is 3.71. The van der Waals surface area contributed by atoms with Crippen molar-refractivity contribution in [2.24, 2.45) is 0 Å². The van der Waals surface area contributed by atoms with Crippen molar-refractivity contribution in [3.8, 4) is 0 Å². The van der Waals surface area contributed by atoms with Gasteiger partial charge in [-0.1, -0.05) is 26.2 Å². The maximum Gasteiger partial charge on any atom is 0.00952 e. The van der Waals surface area contributed by atoms with Crippen molar-refractivity contribution >= 4 is 0 Å². The Bertz CT molecular complexity index is 179. The lowest BCUT2D eigenvalue weighted by Crippen LogP contribution is -2.46. The lowest BCUT2D eigenvalue weighted by atomic mass is 10.0. The van der Waals surface area contributed by atoms with Gasteiger partial charge in [-0.25, -0.2) is 0 Å². The van der Waals surface area contributed by atoms with E-state index in [0.29, 0.717) is 0 Å². The highest BCUT2D eigenvalue weighted by Gasteiger charge is 2.26. The summed E-state index contributed by atoms with van der Waals surface area (Å²) < 4.78 is 0. The summed E-state index contributed by atoms with van der Waals surface area (Å²) in [6.45, 7) is 6.18. The number of hydrogen-bond donors (Lipinski definition) is 1. The monoisotopic (exact) mass is 224 g/mol. The highest BCUT2D eigenvalue weighted by atomic mass is 15.2. The number of hydrogen-bond acceptors (Lipinski definition) is 2. The minimum absolute atomic E-state index is 0.809. The van der Waals surface area contributed by atoms with Crippen LogP contribution in [-0.2, 0) is 0 Å². The van der Waals surface area contributed by atoms with E-state index >= 15 is 0 Å². The Labute approximate surface area is 101 Å². The molecule has 1 saturated carbocycles. The molecule has 2 fully saturated rings. The lowest BCUT2D eigenvalue weighted by Gasteiger charge is -2.36. The molecular formula is C14H28N2. The zero-order chi connectivity index (χ0) is 11.2. The molecule has 1 heterocycles. The molecule has 94 valence electrons. The Morgan fingerprint density at radius 3 is 2.38 bits per heavy atom. The molecule has 2 nitrogen and oxygen atoms in total. The Morgan fingerprint density at radius 2 is 1.75 bits per heavy atom. The van der Waals surface area contributed by atoms with Gasteiger partial charge < -0.3 is 10.2 Å². The molecule has 16 heavy (non-hydrogen) atoms. The van der Waals surface area contributed by atoms with Crippen LogP contribution < -0.4 is 5.32 Å². The summed E-state index contributed by atoms with van der Waals surface area (Å²) in [4.78, 5) is 2.75. The third-order valence-corrected chi connectivity index (χ3v) is 4.33. The molecule has 1 saturated heterocycles. The highest BCUT2D eigenvalue weighted by Crippen LogP contribution is 2.26. The Hall–Kier alpha value is -0.0800. The van der Waals surface area contributed by atoms with Gasteiger partial charge in [0.25, 0.3) is 0 Å². The Balaban J connectivity index is 1.62. The van der Waals surface area contributed by atoms with E-state index in [4.69, 9.17) is 0 Å². The summed E-state index contributed by atoms with van der Waals surface area (Å²) in [7, 11) is 0. The maximum atomic E-state index is 3.71. The fraction of sp³-hybridized carbons (Fsp3) is 1.00. The fourth-order valence-electron chi connectivity index (χ4n) is 3.22. The van der Waals surface area contributed by atoms with Gasteiger partial charge in [0.1, 0.15) is 0 Å². The van der Waals surface area contributed by atoms with Crippen LogP contribution in [0.4, 0.5) is 0 Å². The number of rotatable bonds is 5. The first kappa shape index (κ1) is 12.4. The smallest absolute Gasteiger partial charge is 0.00952 e. The topological polar surface area (TPSA) is 15.3 Å². The first-order chi connectivity index (χ1) is 7.90. The van der Waals surface area contributed by atoms with Crippen molar-refractivity contribution in [3.63, 3.8) is 0 Å². The van der Waals surface area contributed by atoms with E-state index in [0.717, 1.165) is 12.1 Å². The van der Waals surface area contributed by atoms with Crippen LogP contribution in [0.1, 0.15) is 58.3 Å². The molecular weight excluding hydrogens is 196 g/mol. The first-order valence-electron chi connectivity index (χ1n) is 7.37. The van der Waals surface area contributed by atoms with Crippen molar-refractivity contribution in [1.29, 1.82) is 0 Å². The molecule has 0 aromatic carbocycles. The fourth-order valence-corrected chi connectivity index (χ4v) is 3.22. The van der Waals surface area contributed by atoms with Gasteiger partial charge in [0.2, 0.25) is 0 Å². The van der Waals surface area contributed by atoms with Crippen molar-refractivity contribution in [3.05, 3.63) is 0 Å². The molecule has 0 radical (unpaired) electrons. The van der Waals surface area contributed by atoms with E-state index in [1.165, 1.54) is 71.0 Å². The van der Waals surface area contributed by atoms with E-state index < -0.39 is 0 Å². The van der Waals surface area contributed by atoms with Crippen LogP contribution in [0.25, 0.3) is 0 Å². The van der Waals surface area contributed by atoms with Crippen LogP contribution in [0.5, 0.6) is 0 Å². The standard InChI is InChI=1S/C14H28N2/c1-2-3-10-15-13-8-11-16(12-9-13)14-6-4-5-7-14/h13-15H,2-12H2,1H3. The molecule has 0 unspecified atom stereocenters. The molecule has 1 aliphatic carbocycles. The van der Waals surface area contributed by atoms with E-state index in [2.05, 4.69) is 17.1 Å². The van der Waals surface area contributed by atoms with Gasteiger partial charge in [-0.15, -0.1) is 0 Å². The lowest BCUT2D eigenvalue weighted by molar-refractivity contribution is 0.145. The number of unbranched alkanes of at least 4 members (excludes halogenated alkanes) is 1. The van der Waals surface area contributed by atoms with Crippen LogP contribution in [0.2, 0.25) is 0 Å². The highest BCUT2D eigenvalue weighted by molar-refractivity contribution is 4.83. The second kappa shape index (κ2) is 6.61. The van der Waals surface area contributed by atoms with Crippen LogP contribution in [0.3, 0.4) is 0 Å². The zero-order valence-electron chi connectivity index (χ0n) is 10.9. The summed E-state index contributed by atoms with van der Waals surface area (Å²) in [6, 6.07) is 1.75. The van der Waals surface area contributed by atoms with Crippen LogP contribution >= 0.6 is 0 Å². The second-order valence-corrected chi connectivity index (χ2v) is 5.56. The molecule has 0 aromatic heterocycles. The number of nitrogens with one attached hydrogen (secondary N) is 1. The third-order valence-electron chi connectivity index (χ3n) is 4.33. The van der Waals surface area contributed by atoms with Gasteiger partial charge in [-0.05, 0) is 51.7 Å². The van der Waals surface area contributed by atoms with Crippen LogP contribution in [-0.4, -0.2) is 36.6 Å². The summed E-state index contributed by atoms with van der Waals surface area (Å²) in [6.07, 6.45) is 11.3. The zero-order valence-corrected chi connectivity index (χ0v) is 10.9. The van der Waals surface area contributed by atoms with Gasteiger partial charge in [-0.2, -0.15) is 0 Å². The van der Waals surface area contributed by atoms with Crippen molar-refractivity contribution in [2.75, 3.05) is 19.6 Å². The van der Waals surface area contributed by atoms with Crippen molar-refractivity contribution < 1.29 is 0 Å². The van der Waals surface area contributed by atoms with E-state index in [1.807, 2.05) is 0 Å². The van der Waals surface area contributed by atoms with Crippen molar-refractivity contribution in [1.82, 2.24) is 10.2 Å². The second-order valence-electron chi connectivity index (χ2n) is 5.56. The van der Waals surface area contributed by atoms with E-state index in [1.54, 1.807) is 0 Å². The van der Waals surface area contributed by atoms with Gasteiger partial charge in [0, 0.05) is 12.1 Å². The van der Waals surface area contributed by atoms with Crippen molar-refractivity contribution in [2.45, 2.75) is 70.4 Å². The molecule has 2 heteroatoms. The SMILES string of the molecule is CCCCNC1CCN(C2CCCC2)CC1. The van der Waals surface area contributed by atoms with E-state index in [9.17, 15) is 0 Å². The van der Waals surface area contributed by atoms with Gasteiger partial charge >= 0.3 is 0 Å². The minimum Gasteiger partial charge on any atom is -0.314 e. The minimum atomic E-state index is 0.809. The molecule has 1 N–H and O–H groups in total. The predicted octanol–water partition coefficient (Wildman–Crippen LogP) is 2.78. The molecule has 0 aromatic rings. The molecule has 1 aliphatic heterocycles. The summed E-state index contributed by atoms with van der Waals surface area (Å²) >= 11 is 0. The average Bonchev–Trinajstić information content (AvgIpc) is 2.84. The molecule has 0 amide bonds. The molecule has 0 spiro atoms.